The third-order valence-electron chi connectivity index (χ3n) is 4.70. The Morgan fingerprint density at radius 3 is 2.54 bits per heavy atom. The van der Waals surface area contributed by atoms with E-state index in [1.54, 1.807) is 0 Å². The van der Waals surface area contributed by atoms with E-state index in [1.165, 1.54) is 18.6 Å². The van der Waals surface area contributed by atoms with Crippen LogP contribution in [0.15, 0.2) is 30.3 Å². The Morgan fingerprint density at radius 1 is 1.15 bits per heavy atom. The van der Waals surface area contributed by atoms with Crippen LogP contribution in [0.25, 0.3) is 0 Å². The van der Waals surface area contributed by atoms with Gasteiger partial charge in [0, 0.05) is 24.3 Å². The first-order valence-corrected chi connectivity index (χ1v) is 8.93. The summed E-state index contributed by atoms with van der Waals surface area (Å²) in [4.78, 5) is 11.3. The summed E-state index contributed by atoms with van der Waals surface area (Å²) in [5.41, 5.74) is -0.102. The van der Waals surface area contributed by atoms with Crippen LogP contribution in [0, 0.1) is 6.92 Å². The zero-order chi connectivity index (χ0) is 18.7. The van der Waals surface area contributed by atoms with Crippen LogP contribution >= 0.6 is 0 Å². The van der Waals surface area contributed by atoms with Crippen molar-refractivity contribution in [2.75, 3.05) is 16.8 Å². The number of benzene rings is 1. The average Bonchev–Trinajstić information content (AvgIpc) is 2.61. The van der Waals surface area contributed by atoms with Crippen LogP contribution in [0.2, 0.25) is 0 Å². The molecule has 0 amide bonds. The molecule has 1 N–H and O–H groups in total. The van der Waals surface area contributed by atoms with Crippen molar-refractivity contribution in [2.24, 2.45) is 0 Å². The molecule has 1 aromatic carbocycles. The quantitative estimate of drug-likeness (QED) is 0.797. The lowest BCUT2D eigenvalue weighted by Gasteiger charge is -2.36. The molecule has 2 heterocycles. The average molecular weight is 364 g/mol. The Hall–Kier alpha value is -2.31. The molecule has 0 bridgehead atoms. The van der Waals surface area contributed by atoms with E-state index in [0.29, 0.717) is 23.4 Å². The standard InChI is InChI=1S/C19H23F3N4/c1-3-16-6-4-5-11-26(16)18-12-17(23-13(2)24-18)25-15-9-7-14(8-10-15)19(20,21)22/h7-10,12,16H,3-6,11H2,1-2H3,(H,23,24,25). The van der Waals surface area contributed by atoms with E-state index < -0.39 is 11.7 Å². The fraction of sp³-hybridized carbons (Fsp3) is 0.474. The number of piperidine rings is 1. The van der Waals surface area contributed by atoms with Gasteiger partial charge < -0.3 is 10.2 Å². The van der Waals surface area contributed by atoms with Crippen molar-refractivity contribution in [1.29, 1.82) is 0 Å². The van der Waals surface area contributed by atoms with Crippen molar-refractivity contribution in [1.82, 2.24) is 9.97 Å². The van der Waals surface area contributed by atoms with Crippen molar-refractivity contribution < 1.29 is 13.2 Å². The number of nitrogens with one attached hydrogen (secondary N) is 1. The molecule has 0 aliphatic carbocycles. The summed E-state index contributed by atoms with van der Waals surface area (Å²) in [6.07, 6.45) is 0.253. The van der Waals surface area contributed by atoms with Gasteiger partial charge in [0.15, 0.2) is 0 Å². The number of anilines is 3. The molecule has 4 nitrogen and oxygen atoms in total. The Kier molecular flexibility index (Phi) is 5.34. The first-order valence-electron chi connectivity index (χ1n) is 8.93. The number of rotatable bonds is 4. The Bertz CT molecular complexity index is 743. The fourth-order valence-electron chi connectivity index (χ4n) is 3.38. The maximum absolute atomic E-state index is 12.7. The SMILES string of the molecule is CCC1CCCCN1c1cc(Nc2ccc(C(F)(F)F)cc2)nc(C)n1. The van der Waals surface area contributed by atoms with E-state index in [2.05, 4.69) is 27.1 Å². The first kappa shape index (κ1) is 18.5. The summed E-state index contributed by atoms with van der Waals surface area (Å²) in [7, 11) is 0. The Labute approximate surface area is 151 Å². The van der Waals surface area contributed by atoms with Crippen LogP contribution in [-0.2, 0) is 6.18 Å². The predicted molar refractivity (Wildman–Crippen MR) is 96.8 cm³/mol. The lowest BCUT2D eigenvalue weighted by Crippen LogP contribution is -2.39. The van der Waals surface area contributed by atoms with Crippen LogP contribution in [0.3, 0.4) is 0 Å². The van der Waals surface area contributed by atoms with E-state index in [9.17, 15) is 13.2 Å². The predicted octanol–water partition coefficient (Wildman–Crippen LogP) is 5.32. The molecule has 7 heteroatoms. The summed E-state index contributed by atoms with van der Waals surface area (Å²) in [5, 5.41) is 3.09. The number of hydrogen-bond donors (Lipinski definition) is 1. The molecule has 3 rings (SSSR count). The second-order valence-corrected chi connectivity index (χ2v) is 6.61. The van der Waals surface area contributed by atoms with Gasteiger partial charge in [0.1, 0.15) is 17.5 Å². The highest BCUT2D eigenvalue weighted by molar-refractivity contribution is 5.60. The molecular weight excluding hydrogens is 341 g/mol. The van der Waals surface area contributed by atoms with E-state index in [-0.39, 0.29) is 0 Å². The largest absolute Gasteiger partial charge is 0.416 e. The maximum atomic E-state index is 12.7. The third-order valence-corrected chi connectivity index (χ3v) is 4.70. The zero-order valence-corrected chi connectivity index (χ0v) is 15.0. The van der Waals surface area contributed by atoms with Gasteiger partial charge >= 0.3 is 6.18 Å². The van der Waals surface area contributed by atoms with Gasteiger partial charge in [0.25, 0.3) is 0 Å². The number of aromatic nitrogens is 2. The molecule has 1 aromatic heterocycles. The van der Waals surface area contributed by atoms with Crippen LogP contribution in [0.4, 0.5) is 30.5 Å². The smallest absolute Gasteiger partial charge is 0.353 e. The van der Waals surface area contributed by atoms with Gasteiger partial charge in [-0.2, -0.15) is 13.2 Å². The van der Waals surface area contributed by atoms with E-state index >= 15 is 0 Å². The van der Waals surface area contributed by atoms with Gasteiger partial charge in [-0.1, -0.05) is 6.92 Å². The molecule has 1 aliphatic rings. The Morgan fingerprint density at radius 2 is 1.88 bits per heavy atom. The minimum atomic E-state index is -4.33. The van der Waals surface area contributed by atoms with Crippen molar-refractivity contribution in [3.63, 3.8) is 0 Å². The first-order chi connectivity index (χ1) is 12.4. The molecular formula is C19H23F3N4. The van der Waals surface area contributed by atoms with Crippen molar-refractivity contribution in [3.05, 3.63) is 41.7 Å². The monoisotopic (exact) mass is 364 g/mol. The molecule has 1 saturated heterocycles. The highest BCUT2D eigenvalue weighted by atomic mass is 19.4. The van der Waals surface area contributed by atoms with Crippen LogP contribution in [-0.4, -0.2) is 22.6 Å². The second-order valence-electron chi connectivity index (χ2n) is 6.61. The summed E-state index contributed by atoms with van der Waals surface area (Å²) < 4.78 is 38.0. The van der Waals surface area contributed by atoms with Crippen LogP contribution < -0.4 is 10.2 Å². The molecule has 26 heavy (non-hydrogen) atoms. The lowest BCUT2D eigenvalue weighted by atomic mass is 10.00. The number of aryl methyl sites for hydroxylation is 1. The molecule has 0 radical (unpaired) electrons. The summed E-state index contributed by atoms with van der Waals surface area (Å²) in [5.74, 6) is 2.10. The third kappa shape index (κ3) is 4.26. The molecule has 140 valence electrons. The molecule has 0 saturated carbocycles. The van der Waals surface area contributed by atoms with Gasteiger partial charge in [-0.3, -0.25) is 0 Å². The highest BCUT2D eigenvalue weighted by Gasteiger charge is 2.30. The lowest BCUT2D eigenvalue weighted by molar-refractivity contribution is -0.137. The number of nitrogens with zero attached hydrogens (tertiary/aromatic N) is 3. The molecule has 1 unspecified atom stereocenters. The van der Waals surface area contributed by atoms with Crippen LogP contribution in [0.5, 0.6) is 0 Å². The zero-order valence-electron chi connectivity index (χ0n) is 15.0. The normalized spacial score (nSPS) is 18.0. The van der Waals surface area contributed by atoms with Gasteiger partial charge in [0.05, 0.1) is 5.56 Å². The topological polar surface area (TPSA) is 41.0 Å². The number of halogens is 3. The molecule has 1 aliphatic heterocycles. The van der Waals surface area contributed by atoms with Crippen molar-refractivity contribution >= 4 is 17.3 Å². The number of hydrogen-bond acceptors (Lipinski definition) is 4. The van der Waals surface area contributed by atoms with Gasteiger partial charge in [-0.15, -0.1) is 0 Å². The summed E-state index contributed by atoms with van der Waals surface area (Å²) in [6, 6.07) is 7.30. The molecule has 1 fully saturated rings. The van der Waals surface area contributed by atoms with Crippen molar-refractivity contribution in [2.45, 2.75) is 51.7 Å². The molecule has 0 spiro atoms. The van der Waals surface area contributed by atoms with E-state index in [1.807, 2.05) is 13.0 Å². The summed E-state index contributed by atoms with van der Waals surface area (Å²) >= 11 is 0. The maximum Gasteiger partial charge on any atom is 0.416 e. The fourth-order valence-corrected chi connectivity index (χ4v) is 3.38. The van der Waals surface area contributed by atoms with E-state index in [0.717, 1.165) is 43.8 Å². The van der Waals surface area contributed by atoms with Crippen molar-refractivity contribution in [3.8, 4) is 0 Å². The summed E-state index contributed by atoms with van der Waals surface area (Å²) in [6.45, 7) is 4.97. The minimum absolute atomic E-state index is 0.469. The Balaban J connectivity index is 1.81. The molecule has 1 atom stereocenters. The highest BCUT2D eigenvalue weighted by Crippen LogP contribution is 2.31. The number of alkyl halides is 3. The van der Waals surface area contributed by atoms with Gasteiger partial charge in [0.2, 0.25) is 0 Å². The van der Waals surface area contributed by atoms with Crippen LogP contribution in [0.1, 0.15) is 44.0 Å². The molecule has 2 aromatic rings. The minimum Gasteiger partial charge on any atom is -0.353 e. The van der Waals surface area contributed by atoms with E-state index in [4.69, 9.17) is 0 Å². The van der Waals surface area contributed by atoms with Gasteiger partial charge in [-0.05, 0) is 56.9 Å². The van der Waals surface area contributed by atoms with Gasteiger partial charge in [-0.25, -0.2) is 9.97 Å². The second kappa shape index (κ2) is 7.51.